The van der Waals surface area contributed by atoms with Crippen molar-refractivity contribution in [2.75, 3.05) is 11.9 Å². The first-order valence-electron chi connectivity index (χ1n) is 9.13. The SMILES string of the molecule is C.CC(O)C(C)C1(C)OC(C)(C(C)C(=O)N(C)c2ccc(C#N)c(C(F)(F)F)c2)S1. The molecule has 0 radical (unpaired) electrons. The number of aliphatic hydroxyl groups is 1. The number of hydrogen-bond donors (Lipinski definition) is 1. The molecule has 1 fully saturated rings. The van der Waals surface area contributed by atoms with E-state index < -0.39 is 45.1 Å². The van der Waals surface area contributed by atoms with Crippen molar-refractivity contribution in [1.82, 2.24) is 0 Å². The fourth-order valence-corrected chi connectivity index (χ4v) is 5.11. The van der Waals surface area contributed by atoms with Crippen molar-refractivity contribution in [3.05, 3.63) is 29.3 Å². The van der Waals surface area contributed by atoms with Gasteiger partial charge in [0.25, 0.3) is 0 Å². The Kier molecular flexibility index (Phi) is 7.68. The molecule has 168 valence electrons. The zero-order valence-corrected chi connectivity index (χ0v) is 18.0. The molecule has 0 aliphatic carbocycles. The molecule has 30 heavy (non-hydrogen) atoms. The van der Waals surface area contributed by atoms with Crippen LogP contribution in [0.15, 0.2) is 18.2 Å². The topological polar surface area (TPSA) is 73.6 Å². The number of nitrogens with zero attached hydrogens (tertiary/aromatic N) is 2. The van der Waals surface area contributed by atoms with Crippen LogP contribution < -0.4 is 4.90 Å². The first-order valence-corrected chi connectivity index (χ1v) is 9.95. The Hall–Kier alpha value is -1.76. The molecule has 1 heterocycles. The van der Waals surface area contributed by atoms with E-state index in [1.807, 2.05) is 13.8 Å². The van der Waals surface area contributed by atoms with Gasteiger partial charge < -0.3 is 14.7 Å². The highest BCUT2D eigenvalue weighted by Gasteiger charge is 2.59. The van der Waals surface area contributed by atoms with E-state index in [0.29, 0.717) is 0 Å². The molecule has 5 atom stereocenters. The summed E-state index contributed by atoms with van der Waals surface area (Å²) in [4.78, 5) is 12.6. The fraction of sp³-hybridized carbons (Fsp3) is 0.619. The highest BCUT2D eigenvalue weighted by molar-refractivity contribution is 8.02. The van der Waals surface area contributed by atoms with Gasteiger partial charge in [0, 0.05) is 18.7 Å². The van der Waals surface area contributed by atoms with Crippen LogP contribution in [0.4, 0.5) is 18.9 Å². The summed E-state index contributed by atoms with van der Waals surface area (Å²) in [5.41, 5.74) is -1.53. The minimum Gasteiger partial charge on any atom is -0.393 e. The Labute approximate surface area is 180 Å². The molecule has 1 aromatic rings. The van der Waals surface area contributed by atoms with Gasteiger partial charge in [-0.1, -0.05) is 26.1 Å². The van der Waals surface area contributed by atoms with Crippen LogP contribution in [0.25, 0.3) is 0 Å². The normalized spacial score (nSPS) is 26.4. The Balaban J connectivity index is 0.00000450. The standard InChI is InChI=1S/C20H25F3N2O3S.CH4/c1-11(13(3)26)18(4)28-19(5,29-18)12(2)17(27)25(6)15-8-7-14(10-24)16(9-15)20(21,22)23;/h7-9,11-13,26H,1-6H3;1H4. The van der Waals surface area contributed by atoms with Gasteiger partial charge in [0.2, 0.25) is 5.91 Å². The average Bonchev–Trinajstić information content (AvgIpc) is 2.62. The molecule has 0 saturated carbocycles. The van der Waals surface area contributed by atoms with Gasteiger partial charge >= 0.3 is 6.18 Å². The van der Waals surface area contributed by atoms with Crippen molar-refractivity contribution in [1.29, 1.82) is 5.26 Å². The van der Waals surface area contributed by atoms with E-state index in [1.165, 1.54) is 30.9 Å². The largest absolute Gasteiger partial charge is 0.417 e. The van der Waals surface area contributed by atoms with Gasteiger partial charge in [0.1, 0.15) is 9.87 Å². The van der Waals surface area contributed by atoms with Crippen molar-refractivity contribution >= 4 is 23.4 Å². The zero-order valence-electron chi connectivity index (χ0n) is 17.2. The van der Waals surface area contributed by atoms with E-state index in [-0.39, 0.29) is 19.0 Å². The van der Waals surface area contributed by atoms with Gasteiger partial charge in [-0.25, -0.2) is 0 Å². The molecule has 1 aliphatic rings. The molecule has 5 unspecified atom stereocenters. The van der Waals surface area contributed by atoms with Crippen molar-refractivity contribution in [3.8, 4) is 6.07 Å². The molecule has 0 bridgehead atoms. The van der Waals surface area contributed by atoms with Crippen LogP contribution in [0.3, 0.4) is 0 Å². The smallest absolute Gasteiger partial charge is 0.393 e. The molecule has 1 saturated heterocycles. The third kappa shape index (κ3) is 4.76. The number of rotatable bonds is 5. The molecule has 1 aromatic carbocycles. The highest BCUT2D eigenvalue weighted by atomic mass is 32.2. The lowest BCUT2D eigenvalue weighted by Gasteiger charge is -2.57. The van der Waals surface area contributed by atoms with Gasteiger partial charge in [-0.3, -0.25) is 4.79 Å². The van der Waals surface area contributed by atoms with E-state index in [2.05, 4.69) is 0 Å². The lowest BCUT2D eigenvalue weighted by Crippen LogP contribution is -2.61. The summed E-state index contributed by atoms with van der Waals surface area (Å²) in [6.45, 7) is 8.78. The number of hydrogen-bond acceptors (Lipinski definition) is 5. The number of thioether (sulfide) groups is 1. The molecular weight excluding hydrogens is 417 g/mol. The second-order valence-electron chi connectivity index (χ2n) is 7.72. The van der Waals surface area contributed by atoms with Crippen LogP contribution in [0.2, 0.25) is 0 Å². The number of nitriles is 1. The van der Waals surface area contributed by atoms with Crippen LogP contribution in [0.1, 0.15) is 53.2 Å². The number of carbonyl (C=O) groups excluding carboxylic acids is 1. The van der Waals surface area contributed by atoms with Crippen LogP contribution in [0.5, 0.6) is 0 Å². The van der Waals surface area contributed by atoms with Gasteiger partial charge in [0.15, 0.2) is 0 Å². The van der Waals surface area contributed by atoms with E-state index in [9.17, 15) is 23.1 Å². The number of aliphatic hydroxyl groups excluding tert-OH is 1. The number of halogens is 3. The maximum Gasteiger partial charge on any atom is 0.417 e. The minimum absolute atomic E-state index is 0. The molecule has 0 aromatic heterocycles. The van der Waals surface area contributed by atoms with Crippen LogP contribution in [-0.4, -0.2) is 34.0 Å². The first-order chi connectivity index (χ1) is 13.2. The number of anilines is 1. The summed E-state index contributed by atoms with van der Waals surface area (Å²) in [6, 6.07) is 4.70. The van der Waals surface area contributed by atoms with Gasteiger partial charge in [0.05, 0.1) is 29.2 Å². The second-order valence-corrected chi connectivity index (χ2v) is 9.55. The highest BCUT2D eigenvalue weighted by Crippen LogP contribution is 2.59. The predicted molar refractivity (Wildman–Crippen MR) is 112 cm³/mol. The number of alkyl halides is 3. The first kappa shape index (κ1) is 26.3. The van der Waals surface area contributed by atoms with Crippen LogP contribution in [-0.2, 0) is 15.7 Å². The van der Waals surface area contributed by atoms with Crippen LogP contribution >= 0.6 is 11.8 Å². The molecule has 2 rings (SSSR count). The average molecular weight is 447 g/mol. The number of carbonyl (C=O) groups is 1. The Morgan fingerprint density at radius 1 is 1.27 bits per heavy atom. The second kappa shape index (κ2) is 8.77. The Morgan fingerprint density at radius 3 is 2.23 bits per heavy atom. The zero-order chi connectivity index (χ0) is 22.4. The maximum atomic E-state index is 13.2. The molecule has 1 aliphatic heterocycles. The van der Waals surface area contributed by atoms with Crippen molar-refractivity contribution in [3.63, 3.8) is 0 Å². The number of ether oxygens (including phenoxy) is 1. The van der Waals surface area contributed by atoms with Crippen molar-refractivity contribution in [2.24, 2.45) is 11.8 Å². The van der Waals surface area contributed by atoms with Crippen molar-refractivity contribution < 1.29 is 27.8 Å². The summed E-state index contributed by atoms with van der Waals surface area (Å²) in [6.07, 6.45) is -5.29. The van der Waals surface area contributed by atoms with E-state index in [1.54, 1.807) is 20.8 Å². The van der Waals surface area contributed by atoms with Gasteiger partial charge in [-0.2, -0.15) is 18.4 Å². The minimum atomic E-state index is -4.70. The summed E-state index contributed by atoms with van der Waals surface area (Å²) in [7, 11) is 1.39. The summed E-state index contributed by atoms with van der Waals surface area (Å²) < 4.78 is 45.7. The molecule has 9 heteroatoms. The third-order valence-electron chi connectivity index (χ3n) is 5.67. The van der Waals surface area contributed by atoms with E-state index in [0.717, 1.165) is 17.0 Å². The van der Waals surface area contributed by atoms with Gasteiger partial charge in [-0.15, -0.1) is 0 Å². The molecule has 1 amide bonds. The number of benzene rings is 1. The summed E-state index contributed by atoms with van der Waals surface area (Å²) in [5, 5.41) is 18.7. The lowest BCUT2D eigenvalue weighted by molar-refractivity contribution is -0.155. The van der Waals surface area contributed by atoms with Crippen molar-refractivity contribution in [2.45, 2.75) is 64.2 Å². The van der Waals surface area contributed by atoms with Gasteiger partial charge in [-0.05, 0) is 45.9 Å². The van der Waals surface area contributed by atoms with Crippen LogP contribution in [0, 0.1) is 23.2 Å². The monoisotopic (exact) mass is 446 g/mol. The van der Waals surface area contributed by atoms with E-state index >= 15 is 0 Å². The summed E-state index contributed by atoms with van der Waals surface area (Å²) in [5.74, 6) is -1.24. The fourth-order valence-electron chi connectivity index (χ4n) is 3.33. The lowest BCUT2D eigenvalue weighted by atomic mass is 9.96. The Bertz CT molecular complexity index is 830. The molecular formula is C21H29F3N2O3S. The summed E-state index contributed by atoms with van der Waals surface area (Å²) >= 11 is 1.42. The predicted octanol–water partition coefficient (Wildman–Crippen LogP) is 5.02. The third-order valence-corrected chi connectivity index (χ3v) is 7.37. The van der Waals surface area contributed by atoms with E-state index in [4.69, 9.17) is 10.00 Å². The quantitative estimate of drug-likeness (QED) is 0.687. The maximum absolute atomic E-state index is 13.2. The molecule has 5 nitrogen and oxygen atoms in total. The number of amides is 1. The molecule has 1 N–H and O–H groups in total. The Morgan fingerprint density at radius 2 is 1.80 bits per heavy atom. The molecule has 0 spiro atoms.